The smallest absolute Gasteiger partial charge is 0.161 e. The molecule has 0 heterocycles. The van der Waals surface area contributed by atoms with Gasteiger partial charge in [-0.1, -0.05) is 61.6 Å². The van der Waals surface area contributed by atoms with Crippen LogP contribution in [-0.4, -0.2) is 13.2 Å². The number of methoxy groups -OCH3 is 1. The lowest BCUT2D eigenvalue weighted by Gasteiger charge is -2.17. The van der Waals surface area contributed by atoms with Gasteiger partial charge in [0.1, 0.15) is 6.61 Å². The molecule has 3 rings (SSSR count). The zero-order chi connectivity index (χ0) is 18.2. The largest absolute Gasteiger partial charge is 0.493 e. The van der Waals surface area contributed by atoms with Crippen molar-refractivity contribution >= 4 is 0 Å². The highest BCUT2D eigenvalue weighted by Gasteiger charge is 2.12. The van der Waals surface area contributed by atoms with E-state index in [1.807, 2.05) is 6.07 Å². The molecular formula is C23H31NO2. The molecule has 0 bridgehead atoms. The van der Waals surface area contributed by atoms with Crippen LogP contribution in [0.1, 0.15) is 55.2 Å². The van der Waals surface area contributed by atoms with E-state index in [0.717, 1.165) is 23.6 Å². The first-order valence-corrected chi connectivity index (χ1v) is 9.83. The Kier molecular flexibility index (Phi) is 6.96. The average molecular weight is 354 g/mol. The third kappa shape index (κ3) is 5.50. The predicted molar refractivity (Wildman–Crippen MR) is 107 cm³/mol. The second-order valence-electron chi connectivity index (χ2n) is 7.33. The maximum atomic E-state index is 5.97. The van der Waals surface area contributed by atoms with Gasteiger partial charge in [-0.3, -0.25) is 0 Å². The van der Waals surface area contributed by atoms with Crippen molar-refractivity contribution in [1.82, 2.24) is 5.32 Å². The van der Waals surface area contributed by atoms with Crippen LogP contribution in [0, 0.1) is 6.92 Å². The Morgan fingerprint density at radius 2 is 1.58 bits per heavy atom. The number of rotatable bonds is 7. The van der Waals surface area contributed by atoms with Gasteiger partial charge in [0.05, 0.1) is 7.11 Å². The quantitative estimate of drug-likeness (QED) is 0.677. The van der Waals surface area contributed by atoms with Crippen LogP contribution >= 0.6 is 0 Å². The normalized spacial score (nSPS) is 15.5. The first-order chi connectivity index (χ1) is 12.7. The summed E-state index contributed by atoms with van der Waals surface area (Å²) in [5.74, 6) is 1.60. The molecule has 26 heavy (non-hydrogen) atoms. The van der Waals surface area contributed by atoms with E-state index in [2.05, 4.69) is 48.6 Å². The Morgan fingerprint density at radius 1 is 0.885 bits per heavy atom. The summed E-state index contributed by atoms with van der Waals surface area (Å²) < 4.78 is 11.5. The minimum atomic E-state index is 0.552. The zero-order valence-electron chi connectivity index (χ0n) is 16.1. The topological polar surface area (TPSA) is 30.5 Å². The summed E-state index contributed by atoms with van der Waals surface area (Å²) in [4.78, 5) is 0. The number of benzene rings is 2. The Hall–Kier alpha value is -2.00. The maximum Gasteiger partial charge on any atom is 0.161 e. The summed E-state index contributed by atoms with van der Waals surface area (Å²) in [5.41, 5.74) is 3.67. The van der Waals surface area contributed by atoms with Crippen LogP contribution in [0.25, 0.3) is 0 Å². The lowest BCUT2D eigenvalue weighted by atomic mass is 10.1. The molecule has 3 heteroatoms. The van der Waals surface area contributed by atoms with Crippen molar-refractivity contribution in [3.05, 3.63) is 59.2 Å². The first kappa shape index (κ1) is 18.8. The van der Waals surface area contributed by atoms with Gasteiger partial charge >= 0.3 is 0 Å². The van der Waals surface area contributed by atoms with E-state index in [1.54, 1.807) is 7.11 Å². The van der Waals surface area contributed by atoms with E-state index >= 15 is 0 Å². The van der Waals surface area contributed by atoms with Crippen molar-refractivity contribution in [1.29, 1.82) is 0 Å². The van der Waals surface area contributed by atoms with Gasteiger partial charge in [-0.15, -0.1) is 0 Å². The second kappa shape index (κ2) is 9.63. The van der Waals surface area contributed by atoms with Crippen molar-refractivity contribution in [2.45, 2.75) is 64.6 Å². The predicted octanol–water partition coefficient (Wildman–Crippen LogP) is 5.40. The highest BCUT2D eigenvalue weighted by atomic mass is 16.5. The monoisotopic (exact) mass is 353 g/mol. The van der Waals surface area contributed by atoms with E-state index in [-0.39, 0.29) is 0 Å². The van der Waals surface area contributed by atoms with Crippen LogP contribution in [0.15, 0.2) is 42.5 Å². The van der Waals surface area contributed by atoms with Crippen LogP contribution in [0.5, 0.6) is 11.5 Å². The fraction of sp³-hybridized carbons (Fsp3) is 0.478. The molecule has 0 aliphatic heterocycles. The molecule has 0 aromatic heterocycles. The summed E-state index contributed by atoms with van der Waals surface area (Å²) >= 11 is 0. The Bertz CT molecular complexity index is 673. The minimum Gasteiger partial charge on any atom is -0.493 e. The van der Waals surface area contributed by atoms with Gasteiger partial charge in [-0.2, -0.15) is 0 Å². The number of ether oxygens (including phenoxy) is 2. The number of nitrogens with one attached hydrogen (secondary N) is 1. The molecule has 2 aromatic carbocycles. The van der Waals surface area contributed by atoms with Gasteiger partial charge in [0.15, 0.2) is 11.5 Å². The Balaban J connectivity index is 1.57. The molecule has 2 aromatic rings. The SMILES string of the molecule is COc1cc(CNC2CCCCCC2)ccc1OCc1ccc(C)cc1. The van der Waals surface area contributed by atoms with E-state index in [0.29, 0.717) is 12.6 Å². The standard InChI is InChI=1S/C23H31NO2/c1-18-9-11-19(12-10-18)17-26-22-14-13-20(15-23(22)25-2)16-24-21-7-5-3-4-6-8-21/h9-15,21,24H,3-8,16-17H2,1-2H3. The first-order valence-electron chi connectivity index (χ1n) is 9.83. The number of hydrogen-bond acceptors (Lipinski definition) is 3. The van der Waals surface area contributed by atoms with Gasteiger partial charge in [0.25, 0.3) is 0 Å². The van der Waals surface area contributed by atoms with Crippen LogP contribution in [0.2, 0.25) is 0 Å². The molecule has 0 radical (unpaired) electrons. The molecule has 1 fully saturated rings. The van der Waals surface area contributed by atoms with Gasteiger partial charge < -0.3 is 14.8 Å². The van der Waals surface area contributed by atoms with E-state index in [9.17, 15) is 0 Å². The third-order valence-electron chi connectivity index (χ3n) is 5.19. The fourth-order valence-electron chi connectivity index (χ4n) is 3.53. The van der Waals surface area contributed by atoms with Gasteiger partial charge in [0.2, 0.25) is 0 Å². The lowest BCUT2D eigenvalue weighted by Crippen LogP contribution is -2.27. The maximum absolute atomic E-state index is 5.97. The van der Waals surface area contributed by atoms with Gasteiger partial charge in [-0.25, -0.2) is 0 Å². The molecular weight excluding hydrogens is 322 g/mol. The molecule has 0 spiro atoms. The van der Waals surface area contributed by atoms with Crippen molar-refractivity contribution in [2.24, 2.45) is 0 Å². The molecule has 0 atom stereocenters. The van der Waals surface area contributed by atoms with Crippen LogP contribution < -0.4 is 14.8 Å². The van der Waals surface area contributed by atoms with Crippen molar-refractivity contribution in [3.8, 4) is 11.5 Å². The molecule has 140 valence electrons. The average Bonchev–Trinajstić information content (AvgIpc) is 2.95. The highest BCUT2D eigenvalue weighted by Crippen LogP contribution is 2.29. The van der Waals surface area contributed by atoms with Crippen LogP contribution in [0.3, 0.4) is 0 Å². The number of aryl methyl sites for hydroxylation is 1. The molecule has 1 aliphatic carbocycles. The van der Waals surface area contributed by atoms with Crippen LogP contribution in [-0.2, 0) is 13.2 Å². The fourth-order valence-corrected chi connectivity index (χ4v) is 3.53. The summed E-state index contributed by atoms with van der Waals surface area (Å²) in [7, 11) is 1.70. The summed E-state index contributed by atoms with van der Waals surface area (Å²) in [6, 6.07) is 15.3. The summed E-state index contributed by atoms with van der Waals surface area (Å²) in [6.45, 7) is 3.53. The lowest BCUT2D eigenvalue weighted by molar-refractivity contribution is 0.284. The van der Waals surface area contributed by atoms with E-state index in [1.165, 1.54) is 49.7 Å². The van der Waals surface area contributed by atoms with Crippen LogP contribution in [0.4, 0.5) is 0 Å². The Labute approximate surface area is 157 Å². The molecule has 3 nitrogen and oxygen atoms in total. The Morgan fingerprint density at radius 3 is 2.27 bits per heavy atom. The second-order valence-corrected chi connectivity index (χ2v) is 7.33. The molecule has 1 saturated carbocycles. The summed E-state index contributed by atoms with van der Waals surface area (Å²) in [5, 5.41) is 3.72. The van der Waals surface area contributed by atoms with Crippen molar-refractivity contribution < 1.29 is 9.47 Å². The molecule has 0 amide bonds. The zero-order valence-corrected chi connectivity index (χ0v) is 16.1. The van der Waals surface area contributed by atoms with E-state index in [4.69, 9.17) is 9.47 Å². The minimum absolute atomic E-state index is 0.552. The summed E-state index contributed by atoms with van der Waals surface area (Å²) in [6.07, 6.45) is 8.08. The van der Waals surface area contributed by atoms with Crippen molar-refractivity contribution in [2.75, 3.05) is 7.11 Å². The molecule has 0 unspecified atom stereocenters. The molecule has 1 N–H and O–H groups in total. The van der Waals surface area contributed by atoms with E-state index < -0.39 is 0 Å². The highest BCUT2D eigenvalue weighted by molar-refractivity contribution is 5.43. The number of hydrogen-bond donors (Lipinski definition) is 1. The van der Waals surface area contributed by atoms with Gasteiger partial charge in [-0.05, 0) is 43.0 Å². The third-order valence-corrected chi connectivity index (χ3v) is 5.19. The van der Waals surface area contributed by atoms with Gasteiger partial charge in [0, 0.05) is 12.6 Å². The molecule has 1 aliphatic rings. The molecule has 0 saturated heterocycles. The van der Waals surface area contributed by atoms with Crippen molar-refractivity contribution in [3.63, 3.8) is 0 Å².